The van der Waals surface area contributed by atoms with E-state index in [0.717, 1.165) is 16.4 Å². The highest BCUT2D eigenvalue weighted by molar-refractivity contribution is 6.30. The molecule has 0 bridgehead atoms. The number of aromatic nitrogens is 2. The first kappa shape index (κ1) is 11.2. The van der Waals surface area contributed by atoms with Gasteiger partial charge in [-0.1, -0.05) is 11.6 Å². The second kappa shape index (κ2) is 3.95. The molecule has 2 aromatic rings. The lowest BCUT2D eigenvalue weighted by Crippen LogP contribution is -2.21. The van der Waals surface area contributed by atoms with E-state index < -0.39 is 0 Å². The Morgan fingerprint density at radius 2 is 1.75 bits per heavy atom. The molecule has 0 amide bonds. The Bertz CT molecular complexity index is 477. The summed E-state index contributed by atoms with van der Waals surface area (Å²) in [6, 6.07) is 7.76. The molecule has 16 heavy (non-hydrogen) atoms. The number of halogens is 1. The second-order valence-corrected chi connectivity index (χ2v) is 5.24. The molecule has 0 radical (unpaired) electrons. The van der Waals surface area contributed by atoms with Gasteiger partial charge in [-0.05, 0) is 45.0 Å². The third-order valence-electron chi connectivity index (χ3n) is 2.47. The summed E-state index contributed by atoms with van der Waals surface area (Å²) in [4.78, 5) is 4.40. The quantitative estimate of drug-likeness (QED) is 0.730. The predicted molar refractivity (Wildman–Crippen MR) is 67.7 cm³/mol. The van der Waals surface area contributed by atoms with Crippen molar-refractivity contribution in [3.8, 4) is 11.4 Å². The van der Waals surface area contributed by atoms with Gasteiger partial charge in [0.1, 0.15) is 5.82 Å². The van der Waals surface area contributed by atoms with E-state index in [1.54, 1.807) is 0 Å². The summed E-state index contributed by atoms with van der Waals surface area (Å²) in [5.41, 5.74) is 1.12. The maximum absolute atomic E-state index is 5.88. The van der Waals surface area contributed by atoms with Crippen LogP contribution in [0, 0.1) is 0 Å². The molecule has 0 aliphatic rings. The van der Waals surface area contributed by atoms with Crippen LogP contribution in [0.3, 0.4) is 0 Å². The zero-order valence-corrected chi connectivity index (χ0v) is 10.5. The molecule has 3 heteroatoms. The number of hydrogen-bond donors (Lipinski definition) is 0. The third-order valence-corrected chi connectivity index (χ3v) is 2.72. The fraction of sp³-hybridized carbons (Fsp3) is 0.308. The Labute approximate surface area is 101 Å². The summed E-state index contributed by atoms with van der Waals surface area (Å²) in [5.74, 6) is 0.976. The van der Waals surface area contributed by atoms with Gasteiger partial charge in [0.2, 0.25) is 0 Å². The molecule has 0 saturated heterocycles. The fourth-order valence-corrected chi connectivity index (χ4v) is 1.78. The third kappa shape index (κ3) is 2.12. The van der Waals surface area contributed by atoms with E-state index in [1.807, 2.05) is 36.7 Å². The van der Waals surface area contributed by atoms with E-state index in [4.69, 9.17) is 11.6 Å². The molecule has 0 spiro atoms. The summed E-state index contributed by atoms with van der Waals surface area (Å²) >= 11 is 5.88. The van der Waals surface area contributed by atoms with E-state index in [0.29, 0.717) is 0 Å². The molecule has 0 saturated carbocycles. The summed E-state index contributed by atoms with van der Waals surface area (Å²) in [6.07, 6.45) is 3.83. The lowest BCUT2D eigenvalue weighted by Gasteiger charge is -2.23. The van der Waals surface area contributed by atoms with Crippen molar-refractivity contribution in [1.29, 1.82) is 0 Å². The molecular weight excluding hydrogens is 220 g/mol. The highest BCUT2D eigenvalue weighted by Crippen LogP contribution is 2.25. The van der Waals surface area contributed by atoms with Crippen LogP contribution in [0.25, 0.3) is 11.4 Å². The van der Waals surface area contributed by atoms with Crippen molar-refractivity contribution >= 4 is 11.6 Å². The minimum absolute atomic E-state index is 0.0332. The van der Waals surface area contributed by atoms with Crippen LogP contribution in [0.4, 0.5) is 0 Å². The zero-order valence-electron chi connectivity index (χ0n) is 9.74. The number of imidazole rings is 1. The van der Waals surface area contributed by atoms with Crippen molar-refractivity contribution in [3.63, 3.8) is 0 Å². The molecule has 1 heterocycles. The molecule has 0 unspecified atom stereocenters. The number of benzene rings is 1. The Balaban J connectivity index is 2.49. The predicted octanol–water partition coefficient (Wildman–Crippen LogP) is 3.96. The lowest BCUT2D eigenvalue weighted by atomic mass is 10.1. The maximum atomic E-state index is 5.88. The van der Waals surface area contributed by atoms with E-state index in [-0.39, 0.29) is 5.54 Å². The van der Waals surface area contributed by atoms with E-state index in [2.05, 4.69) is 30.3 Å². The van der Waals surface area contributed by atoms with Crippen molar-refractivity contribution in [3.05, 3.63) is 41.7 Å². The van der Waals surface area contributed by atoms with Crippen LogP contribution >= 0.6 is 11.6 Å². The van der Waals surface area contributed by atoms with Crippen molar-refractivity contribution in [2.24, 2.45) is 0 Å². The Hall–Kier alpha value is -1.28. The van der Waals surface area contributed by atoms with E-state index in [1.165, 1.54) is 0 Å². The van der Waals surface area contributed by atoms with Gasteiger partial charge in [0.05, 0.1) is 0 Å². The zero-order chi connectivity index (χ0) is 11.8. The summed E-state index contributed by atoms with van der Waals surface area (Å²) < 4.78 is 2.16. The van der Waals surface area contributed by atoms with Gasteiger partial charge in [-0.25, -0.2) is 4.98 Å². The minimum Gasteiger partial charge on any atom is -0.326 e. The van der Waals surface area contributed by atoms with E-state index >= 15 is 0 Å². The number of rotatable bonds is 1. The molecule has 2 nitrogen and oxygen atoms in total. The maximum Gasteiger partial charge on any atom is 0.140 e. The average molecular weight is 235 g/mol. The van der Waals surface area contributed by atoms with Gasteiger partial charge >= 0.3 is 0 Å². The number of nitrogens with zero attached hydrogens (tertiary/aromatic N) is 2. The molecule has 0 aliphatic carbocycles. The monoisotopic (exact) mass is 234 g/mol. The topological polar surface area (TPSA) is 17.8 Å². The van der Waals surface area contributed by atoms with Crippen molar-refractivity contribution in [1.82, 2.24) is 9.55 Å². The van der Waals surface area contributed by atoms with Crippen molar-refractivity contribution in [2.45, 2.75) is 26.3 Å². The van der Waals surface area contributed by atoms with Gasteiger partial charge in [0.25, 0.3) is 0 Å². The highest BCUT2D eigenvalue weighted by Gasteiger charge is 2.17. The molecule has 1 aromatic carbocycles. The van der Waals surface area contributed by atoms with Gasteiger partial charge in [-0.2, -0.15) is 0 Å². The molecule has 84 valence electrons. The Kier molecular flexibility index (Phi) is 2.76. The summed E-state index contributed by atoms with van der Waals surface area (Å²) in [7, 11) is 0. The highest BCUT2D eigenvalue weighted by atomic mass is 35.5. The van der Waals surface area contributed by atoms with Crippen LogP contribution in [0.1, 0.15) is 20.8 Å². The largest absolute Gasteiger partial charge is 0.326 e. The van der Waals surface area contributed by atoms with Gasteiger partial charge in [0.15, 0.2) is 0 Å². The molecule has 0 N–H and O–H groups in total. The number of hydrogen-bond acceptors (Lipinski definition) is 1. The van der Waals surface area contributed by atoms with Crippen LogP contribution in [-0.4, -0.2) is 9.55 Å². The van der Waals surface area contributed by atoms with E-state index in [9.17, 15) is 0 Å². The molecular formula is C13H15ClN2. The summed E-state index contributed by atoms with van der Waals surface area (Å²) in [5, 5.41) is 0.748. The van der Waals surface area contributed by atoms with Crippen molar-refractivity contribution in [2.75, 3.05) is 0 Å². The van der Waals surface area contributed by atoms with Crippen molar-refractivity contribution < 1.29 is 0 Å². The first-order valence-electron chi connectivity index (χ1n) is 5.28. The first-order valence-corrected chi connectivity index (χ1v) is 5.66. The van der Waals surface area contributed by atoms with Gasteiger partial charge < -0.3 is 4.57 Å². The van der Waals surface area contributed by atoms with Gasteiger partial charge in [-0.3, -0.25) is 0 Å². The average Bonchev–Trinajstić information content (AvgIpc) is 2.66. The standard InChI is InChI=1S/C13H15ClN2/c1-13(2,3)16-9-8-15-12(16)10-4-6-11(14)7-5-10/h4-9H,1-3H3. The van der Waals surface area contributed by atoms with Crippen LogP contribution in [-0.2, 0) is 5.54 Å². The molecule has 1 aromatic heterocycles. The van der Waals surface area contributed by atoms with Crippen LogP contribution in [0.2, 0.25) is 5.02 Å². The molecule has 0 fully saturated rings. The van der Waals surface area contributed by atoms with Crippen LogP contribution in [0.5, 0.6) is 0 Å². The van der Waals surface area contributed by atoms with Gasteiger partial charge in [-0.15, -0.1) is 0 Å². The minimum atomic E-state index is 0.0332. The fourth-order valence-electron chi connectivity index (χ4n) is 1.66. The second-order valence-electron chi connectivity index (χ2n) is 4.80. The molecule has 0 atom stereocenters. The molecule has 2 rings (SSSR count). The Morgan fingerprint density at radius 3 is 2.31 bits per heavy atom. The first-order chi connectivity index (χ1) is 7.48. The molecule has 0 aliphatic heterocycles. The summed E-state index contributed by atoms with van der Waals surface area (Å²) in [6.45, 7) is 6.48. The smallest absolute Gasteiger partial charge is 0.140 e. The lowest BCUT2D eigenvalue weighted by molar-refractivity contribution is 0.401. The Morgan fingerprint density at radius 1 is 1.12 bits per heavy atom. The SMILES string of the molecule is CC(C)(C)n1ccnc1-c1ccc(Cl)cc1. The van der Waals surface area contributed by atoms with Gasteiger partial charge in [0, 0.05) is 28.5 Å². The van der Waals surface area contributed by atoms with Crippen LogP contribution < -0.4 is 0 Å². The van der Waals surface area contributed by atoms with Crippen LogP contribution in [0.15, 0.2) is 36.7 Å². The normalized spacial score (nSPS) is 11.8.